The van der Waals surface area contributed by atoms with Crippen LogP contribution in [0.4, 0.5) is 18.9 Å². The molecule has 27 heavy (non-hydrogen) atoms. The van der Waals surface area contributed by atoms with Crippen molar-refractivity contribution in [3.63, 3.8) is 0 Å². The van der Waals surface area contributed by atoms with Crippen LogP contribution in [0.25, 0.3) is 0 Å². The number of rotatable bonds is 4. The monoisotopic (exact) mass is 478 g/mol. The summed E-state index contributed by atoms with van der Waals surface area (Å²) in [7, 11) is 0. The van der Waals surface area contributed by atoms with Crippen LogP contribution in [-0.2, 0) is 6.18 Å². The summed E-state index contributed by atoms with van der Waals surface area (Å²) in [5.41, 5.74) is -0.662. The van der Waals surface area contributed by atoms with E-state index >= 15 is 0 Å². The normalized spacial score (nSPS) is 13.2. The van der Waals surface area contributed by atoms with Crippen LogP contribution in [0.2, 0.25) is 10.0 Å². The number of carbonyl (C=O) groups is 1. The van der Waals surface area contributed by atoms with Crippen molar-refractivity contribution in [1.29, 1.82) is 0 Å². The molecule has 0 aromatic heterocycles. The van der Waals surface area contributed by atoms with E-state index in [1.807, 2.05) is 0 Å². The van der Waals surface area contributed by atoms with E-state index in [1.165, 1.54) is 24.3 Å². The number of alkyl halides is 6. The molecule has 2 N–H and O–H groups in total. The second kappa shape index (κ2) is 8.53. The van der Waals surface area contributed by atoms with Crippen LogP contribution < -0.4 is 10.6 Å². The lowest BCUT2D eigenvalue weighted by Gasteiger charge is -2.28. The Hall–Kier alpha value is -1.05. The fraction of sp³-hybridized carbons (Fsp3) is 0.188. The number of halogens is 8. The van der Waals surface area contributed by atoms with E-state index in [0.29, 0.717) is 5.02 Å². The summed E-state index contributed by atoms with van der Waals surface area (Å²) in [4.78, 5) is 12.3. The molecule has 1 amide bonds. The van der Waals surface area contributed by atoms with Crippen molar-refractivity contribution in [2.75, 3.05) is 5.32 Å². The van der Waals surface area contributed by atoms with Crippen molar-refractivity contribution >= 4 is 69.6 Å². The Morgan fingerprint density at radius 1 is 0.963 bits per heavy atom. The zero-order valence-electron chi connectivity index (χ0n) is 13.1. The molecule has 0 saturated carbocycles. The maximum absolute atomic E-state index is 12.7. The van der Waals surface area contributed by atoms with E-state index in [4.69, 9.17) is 58.0 Å². The molecule has 11 heteroatoms. The molecule has 2 rings (SSSR count). The van der Waals surface area contributed by atoms with Gasteiger partial charge in [0.05, 0.1) is 16.3 Å². The zero-order chi connectivity index (χ0) is 20.4. The van der Waals surface area contributed by atoms with Crippen molar-refractivity contribution in [2.45, 2.75) is 16.1 Å². The predicted molar refractivity (Wildman–Crippen MR) is 103 cm³/mol. The highest BCUT2D eigenvalue weighted by Gasteiger charge is 2.35. The molecule has 3 nitrogen and oxygen atoms in total. The molecule has 2 aromatic carbocycles. The Morgan fingerprint density at radius 3 is 2.04 bits per heavy atom. The summed E-state index contributed by atoms with van der Waals surface area (Å²) in [6, 6.07) is 8.52. The lowest BCUT2D eigenvalue weighted by atomic mass is 10.2. The first-order valence-corrected chi connectivity index (χ1v) is 9.03. The van der Waals surface area contributed by atoms with Crippen LogP contribution in [-0.4, -0.2) is 15.9 Å². The molecule has 0 aliphatic heterocycles. The van der Waals surface area contributed by atoms with E-state index in [1.54, 1.807) is 0 Å². The molecule has 0 aliphatic carbocycles. The third-order valence-electron chi connectivity index (χ3n) is 3.31. The second-order valence-electron chi connectivity index (χ2n) is 5.29. The minimum Gasteiger partial charge on any atom is -0.361 e. The van der Waals surface area contributed by atoms with Gasteiger partial charge in [-0.2, -0.15) is 13.2 Å². The number of amides is 1. The molecule has 0 bridgehead atoms. The van der Waals surface area contributed by atoms with Gasteiger partial charge in [-0.25, -0.2) is 0 Å². The average Bonchev–Trinajstić information content (AvgIpc) is 2.54. The summed E-state index contributed by atoms with van der Waals surface area (Å²) in [5, 5.41) is 5.24. The molecule has 1 atom stereocenters. The predicted octanol–water partition coefficient (Wildman–Crippen LogP) is 6.55. The van der Waals surface area contributed by atoms with Crippen LogP contribution in [0.1, 0.15) is 15.9 Å². The van der Waals surface area contributed by atoms with Gasteiger partial charge < -0.3 is 10.6 Å². The first-order valence-electron chi connectivity index (χ1n) is 7.14. The zero-order valence-corrected chi connectivity index (χ0v) is 16.8. The molecular formula is C16H10Cl5F3N2O. The molecule has 0 aliphatic rings. The Kier molecular flexibility index (Phi) is 7.03. The molecule has 0 spiro atoms. The van der Waals surface area contributed by atoms with Crippen molar-refractivity contribution in [2.24, 2.45) is 0 Å². The van der Waals surface area contributed by atoms with Gasteiger partial charge in [-0.3, -0.25) is 4.79 Å². The standard InChI is InChI=1S/C16H10Cl5F3N2O/c17-10-4-1-8(2-5-10)13(27)26-14(15(19,20)21)25-12-6-3-9(7-11(12)18)16(22,23)24/h1-7,14,25H,(H,26,27)/t14-/m1/s1. The molecule has 0 radical (unpaired) electrons. The molecule has 0 unspecified atom stereocenters. The largest absolute Gasteiger partial charge is 0.416 e. The van der Waals surface area contributed by atoms with Gasteiger partial charge in [-0.05, 0) is 42.5 Å². The summed E-state index contributed by atoms with van der Waals surface area (Å²) < 4.78 is 36.2. The van der Waals surface area contributed by atoms with Gasteiger partial charge in [0.25, 0.3) is 5.91 Å². The third kappa shape index (κ3) is 6.22. The smallest absolute Gasteiger partial charge is 0.361 e. The lowest BCUT2D eigenvalue weighted by Crippen LogP contribution is -2.49. The highest BCUT2D eigenvalue weighted by atomic mass is 35.6. The first-order chi connectivity index (χ1) is 12.4. The average molecular weight is 481 g/mol. The third-order valence-corrected chi connectivity index (χ3v) is 4.52. The Labute approximate surface area is 177 Å². The molecule has 0 saturated heterocycles. The topological polar surface area (TPSA) is 41.1 Å². The molecule has 146 valence electrons. The SMILES string of the molecule is O=C(N[C@@H](Nc1ccc(C(F)(F)F)cc1Cl)C(Cl)(Cl)Cl)c1ccc(Cl)cc1. The molecule has 0 fully saturated rings. The molecule has 0 heterocycles. The van der Waals surface area contributed by atoms with Gasteiger partial charge in [0.15, 0.2) is 0 Å². The quantitative estimate of drug-likeness (QED) is 0.385. The number of hydrogen-bond donors (Lipinski definition) is 2. The number of hydrogen-bond acceptors (Lipinski definition) is 2. The van der Waals surface area contributed by atoms with Crippen LogP contribution in [0.5, 0.6) is 0 Å². The maximum Gasteiger partial charge on any atom is 0.416 e. The van der Waals surface area contributed by atoms with E-state index in [-0.39, 0.29) is 16.3 Å². The second-order valence-corrected chi connectivity index (χ2v) is 8.50. The van der Waals surface area contributed by atoms with Gasteiger partial charge in [0.2, 0.25) is 3.79 Å². The van der Waals surface area contributed by atoms with Crippen molar-refractivity contribution in [3.8, 4) is 0 Å². The van der Waals surface area contributed by atoms with Gasteiger partial charge in [-0.15, -0.1) is 0 Å². The van der Waals surface area contributed by atoms with Gasteiger partial charge in [0.1, 0.15) is 6.17 Å². The van der Waals surface area contributed by atoms with Gasteiger partial charge in [-0.1, -0.05) is 58.0 Å². The lowest BCUT2D eigenvalue weighted by molar-refractivity contribution is -0.137. The number of benzene rings is 2. The summed E-state index contributed by atoms with van der Waals surface area (Å²) >= 11 is 29.3. The van der Waals surface area contributed by atoms with Gasteiger partial charge >= 0.3 is 6.18 Å². The number of nitrogens with one attached hydrogen (secondary N) is 2. The Bertz CT molecular complexity index is 822. The van der Waals surface area contributed by atoms with Crippen molar-refractivity contribution in [3.05, 3.63) is 63.6 Å². The van der Waals surface area contributed by atoms with Crippen LogP contribution in [0.15, 0.2) is 42.5 Å². The minimum absolute atomic E-state index is 0.0393. The molecular weight excluding hydrogens is 470 g/mol. The van der Waals surface area contributed by atoms with Crippen LogP contribution in [0.3, 0.4) is 0 Å². The summed E-state index contributed by atoms with van der Waals surface area (Å²) in [6.07, 6.45) is -5.85. The van der Waals surface area contributed by atoms with E-state index < -0.39 is 27.6 Å². The molecule has 2 aromatic rings. The number of carbonyl (C=O) groups excluding carboxylic acids is 1. The first kappa shape index (κ1) is 22.2. The highest BCUT2D eigenvalue weighted by Crippen LogP contribution is 2.36. The van der Waals surface area contributed by atoms with E-state index in [0.717, 1.165) is 18.2 Å². The fourth-order valence-corrected chi connectivity index (χ4v) is 2.67. The number of anilines is 1. The highest BCUT2D eigenvalue weighted by molar-refractivity contribution is 6.68. The summed E-state index contributed by atoms with van der Waals surface area (Å²) in [6.45, 7) is 0. The van der Waals surface area contributed by atoms with Gasteiger partial charge in [0, 0.05) is 10.6 Å². The van der Waals surface area contributed by atoms with Crippen molar-refractivity contribution < 1.29 is 18.0 Å². The van der Waals surface area contributed by atoms with E-state index in [9.17, 15) is 18.0 Å². The Morgan fingerprint density at radius 2 is 1.56 bits per heavy atom. The van der Waals surface area contributed by atoms with Crippen LogP contribution in [0, 0.1) is 0 Å². The van der Waals surface area contributed by atoms with Crippen molar-refractivity contribution in [1.82, 2.24) is 5.32 Å². The Balaban J connectivity index is 2.23. The minimum atomic E-state index is -4.56. The van der Waals surface area contributed by atoms with E-state index in [2.05, 4.69) is 10.6 Å². The van der Waals surface area contributed by atoms with Crippen LogP contribution >= 0.6 is 58.0 Å². The fourth-order valence-electron chi connectivity index (χ4n) is 1.98. The maximum atomic E-state index is 12.7. The summed E-state index contributed by atoms with van der Waals surface area (Å²) in [5.74, 6) is -0.599.